The Morgan fingerprint density at radius 3 is 2.93 bits per heavy atom. The molecular weight excluding hydrogens is 174 g/mol. The number of fused-ring (bicyclic) bond motifs is 1. The molecule has 3 rings (SSSR count). The predicted molar refractivity (Wildman–Crippen MR) is 55.2 cm³/mol. The Kier molecular flexibility index (Phi) is 1.46. The van der Waals surface area contributed by atoms with Crippen LogP contribution in [0.5, 0.6) is 0 Å². The van der Waals surface area contributed by atoms with Crippen LogP contribution in [0, 0.1) is 6.92 Å². The summed E-state index contributed by atoms with van der Waals surface area (Å²) in [5.41, 5.74) is 4.43. The first-order chi connectivity index (χ1) is 6.75. The van der Waals surface area contributed by atoms with Gasteiger partial charge >= 0.3 is 0 Å². The second-order valence-electron chi connectivity index (χ2n) is 4.12. The van der Waals surface area contributed by atoms with Crippen molar-refractivity contribution in [3.8, 4) is 0 Å². The lowest BCUT2D eigenvalue weighted by Gasteiger charge is -2.00. The van der Waals surface area contributed by atoms with Crippen molar-refractivity contribution in [1.82, 2.24) is 14.5 Å². The number of rotatable bonds is 1. The highest BCUT2D eigenvalue weighted by molar-refractivity contribution is 5.73. The molecule has 3 nitrogen and oxygen atoms in total. The van der Waals surface area contributed by atoms with Crippen molar-refractivity contribution in [2.75, 3.05) is 0 Å². The molecule has 0 unspecified atom stereocenters. The summed E-state index contributed by atoms with van der Waals surface area (Å²) >= 11 is 0. The van der Waals surface area contributed by atoms with Crippen molar-refractivity contribution in [2.45, 2.75) is 25.7 Å². The van der Waals surface area contributed by atoms with E-state index >= 15 is 0 Å². The van der Waals surface area contributed by atoms with E-state index in [0.29, 0.717) is 0 Å². The van der Waals surface area contributed by atoms with Gasteiger partial charge in [0.05, 0.1) is 5.69 Å². The molecular formula is C11H13N3. The quantitative estimate of drug-likeness (QED) is 0.685. The Morgan fingerprint density at radius 2 is 2.21 bits per heavy atom. The van der Waals surface area contributed by atoms with Gasteiger partial charge in [-0.1, -0.05) is 0 Å². The van der Waals surface area contributed by atoms with Crippen LogP contribution in [0.4, 0.5) is 0 Å². The molecule has 72 valence electrons. The van der Waals surface area contributed by atoms with E-state index in [0.717, 1.165) is 22.8 Å². The zero-order chi connectivity index (χ0) is 9.71. The van der Waals surface area contributed by atoms with Crippen LogP contribution < -0.4 is 0 Å². The fraction of sp³-hybridized carbons (Fsp3) is 0.455. The summed E-state index contributed by atoms with van der Waals surface area (Å²) in [4.78, 5) is 8.90. The number of hydrogen-bond donors (Lipinski definition) is 0. The summed E-state index contributed by atoms with van der Waals surface area (Å²) in [6, 6.07) is 2.18. The van der Waals surface area contributed by atoms with E-state index in [1.165, 1.54) is 18.5 Å². The lowest BCUT2D eigenvalue weighted by molar-refractivity contribution is 0.844. The Balaban J connectivity index is 2.29. The Hall–Kier alpha value is -1.38. The van der Waals surface area contributed by atoms with Crippen molar-refractivity contribution < 1.29 is 0 Å². The van der Waals surface area contributed by atoms with Gasteiger partial charge in [-0.05, 0) is 31.7 Å². The molecule has 14 heavy (non-hydrogen) atoms. The third-order valence-corrected chi connectivity index (χ3v) is 2.89. The van der Waals surface area contributed by atoms with Gasteiger partial charge in [-0.15, -0.1) is 0 Å². The summed E-state index contributed by atoms with van der Waals surface area (Å²) in [5, 5.41) is 0. The van der Waals surface area contributed by atoms with Gasteiger partial charge in [0.15, 0.2) is 5.65 Å². The molecule has 0 bridgehead atoms. The molecule has 2 aromatic rings. The van der Waals surface area contributed by atoms with Crippen LogP contribution in [0.25, 0.3) is 11.2 Å². The first-order valence-corrected chi connectivity index (χ1v) is 5.04. The van der Waals surface area contributed by atoms with Crippen LogP contribution in [0.2, 0.25) is 0 Å². The standard InChI is InChI=1S/C11H13N3/c1-7-6-12-9-5-10(8-3-4-8)14(2)11(9)13-7/h5-6,8H,3-4H2,1-2H3. The van der Waals surface area contributed by atoms with Gasteiger partial charge in [-0.2, -0.15) is 0 Å². The van der Waals surface area contributed by atoms with Gasteiger partial charge in [0.25, 0.3) is 0 Å². The third kappa shape index (κ3) is 1.05. The van der Waals surface area contributed by atoms with Crippen molar-refractivity contribution in [3.05, 3.63) is 23.7 Å². The molecule has 0 amide bonds. The maximum atomic E-state index is 4.51. The SMILES string of the molecule is Cc1cnc2cc(C3CC3)n(C)c2n1. The Morgan fingerprint density at radius 1 is 1.43 bits per heavy atom. The van der Waals surface area contributed by atoms with E-state index in [1.54, 1.807) is 0 Å². The molecule has 1 saturated carbocycles. The van der Waals surface area contributed by atoms with Crippen molar-refractivity contribution in [1.29, 1.82) is 0 Å². The predicted octanol–water partition coefficient (Wildman–Crippen LogP) is 2.15. The Bertz CT molecular complexity index is 494. The van der Waals surface area contributed by atoms with E-state index in [1.807, 2.05) is 13.1 Å². The largest absolute Gasteiger partial charge is 0.331 e. The van der Waals surface area contributed by atoms with Gasteiger partial charge in [0.1, 0.15) is 5.52 Å². The van der Waals surface area contributed by atoms with Crippen LogP contribution in [0.1, 0.15) is 30.1 Å². The van der Waals surface area contributed by atoms with E-state index in [4.69, 9.17) is 0 Å². The zero-order valence-corrected chi connectivity index (χ0v) is 8.49. The van der Waals surface area contributed by atoms with Crippen LogP contribution in [-0.4, -0.2) is 14.5 Å². The number of aryl methyl sites for hydroxylation is 2. The molecule has 3 heteroatoms. The molecule has 0 N–H and O–H groups in total. The van der Waals surface area contributed by atoms with E-state index < -0.39 is 0 Å². The number of nitrogens with zero attached hydrogens (tertiary/aromatic N) is 3. The first-order valence-electron chi connectivity index (χ1n) is 5.04. The molecule has 2 heterocycles. The molecule has 0 saturated heterocycles. The number of hydrogen-bond acceptors (Lipinski definition) is 2. The van der Waals surface area contributed by atoms with E-state index in [2.05, 4.69) is 27.6 Å². The molecule has 1 fully saturated rings. The summed E-state index contributed by atoms with van der Waals surface area (Å²) in [6.07, 6.45) is 4.48. The fourth-order valence-corrected chi connectivity index (χ4v) is 1.95. The topological polar surface area (TPSA) is 30.7 Å². The molecule has 1 aliphatic rings. The highest BCUT2D eigenvalue weighted by atomic mass is 15.0. The summed E-state index contributed by atoms with van der Waals surface area (Å²) in [5.74, 6) is 0.760. The molecule has 0 aliphatic heterocycles. The zero-order valence-electron chi connectivity index (χ0n) is 8.49. The lowest BCUT2D eigenvalue weighted by atomic mass is 10.3. The highest BCUT2D eigenvalue weighted by Crippen LogP contribution is 2.41. The molecule has 0 atom stereocenters. The summed E-state index contributed by atoms with van der Waals surface area (Å²) in [7, 11) is 2.09. The normalized spacial score (nSPS) is 16.4. The van der Waals surface area contributed by atoms with E-state index in [9.17, 15) is 0 Å². The second-order valence-corrected chi connectivity index (χ2v) is 4.12. The number of aromatic nitrogens is 3. The minimum atomic E-state index is 0.760. The van der Waals surface area contributed by atoms with Crippen molar-refractivity contribution >= 4 is 11.2 Å². The molecule has 0 aromatic carbocycles. The van der Waals surface area contributed by atoms with Gasteiger partial charge in [-0.25, -0.2) is 4.98 Å². The third-order valence-electron chi connectivity index (χ3n) is 2.89. The molecule has 0 radical (unpaired) electrons. The van der Waals surface area contributed by atoms with E-state index in [-0.39, 0.29) is 0 Å². The fourth-order valence-electron chi connectivity index (χ4n) is 1.95. The van der Waals surface area contributed by atoms with Crippen LogP contribution in [-0.2, 0) is 7.05 Å². The average molecular weight is 187 g/mol. The van der Waals surface area contributed by atoms with Crippen LogP contribution >= 0.6 is 0 Å². The molecule has 1 aliphatic carbocycles. The summed E-state index contributed by atoms with van der Waals surface area (Å²) in [6.45, 7) is 1.98. The maximum absolute atomic E-state index is 4.51. The van der Waals surface area contributed by atoms with Gasteiger partial charge in [-0.3, -0.25) is 4.98 Å². The van der Waals surface area contributed by atoms with Crippen molar-refractivity contribution in [2.24, 2.45) is 7.05 Å². The minimum absolute atomic E-state index is 0.760. The second kappa shape index (κ2) is 2.56. The smallest absolute Gasteiger partial charge is 0.158 e. The van der Waals surface area contributed by atoms with Gasteiger partial charge in [0.2, 0.25) is 0 Å². The monoisotopic (exact) mass is 187 g/mol. The van der Waals surface area contributed by atoms with Gasteiger partial charge in [0, 0.05) is 18.9 Å². The molecule has 0 spiro atoms. The van der Waals surface area contributed by atoms with Crippen molar-refractivity contribution in [3.63, 3.8) is 0 Å². The van der Waals surface area contributed by atoms with Gasteiger partial charge < -0.3 is 4.57 Å². The highest BCUT2D eigenvalue weighted by Gasteiger charge is 2.27. The van der Waals surface area contributed by atoms with Crippen LogP contribution in [0.3, 0.4) is 0 Å². The maximum Gasteiger partial charge on any atom is 0.158 e. The van der Waals surface area contributed by atoms with Crippen LogP contribution in [0.15, 0.2) is 12.3 Å². The minimum Gasteiger partial charge on any atom is -0.331 e. The summed E-state index contributed by atoms with van der Waals surface area (Å²) < 4.78 is 2.19. The molecule has 2 aromatic heterocycles. The first kappa shape index (κ1) is 7.97. The average Bonchev–Trinajstić information content (AvgIpc) is 2.95. The Labute approximate surface area is 82.8 Å². The lowest BCUT2D eigenvalue weighted by Crippen LogP contribution is -1.96.